The summed E-state index contributed by atoms with van der Waals surface area (Å²) in [4.78, 5) is 17.0. The number of halogens is 6. The molecule has 2 aliphatic rings. The van der Waals surface area contributed by atoms with Crippen LogP contribution in [0.1, 0.15) is 36.4 Å². The summed E-state index contributed by atoms with van der Waals surface area (Å²) < 4.78 is 42.5. The third kappa shape index (κ3) is 4.59. The number of anilines is 1. The first-order chi connectivity index (χ1) is 14.6. The Balaban J connectivity index is 1.60. The van der Waals surface area contributed by atoms with Crippen LogP contribution in [0.15, 0.2) is 36.4 Å². The highest BCUT2D eigenvalue weighted by Crippen LogP contribution is 2.52. The first-order valence-corrected chi connectivity index (χ1v) is 10.5. The number of carbonyl (C=O) groups is 1. The molecule has 0 spiro atoms. The fraction of sp³-hybridized carbons (Fsp3) is 0.350. The van der Waals surface area contributed by atoms with E-state index in [0.29, 0.717) is 16.3 Å². The summed E-state index contributed by atoms with van der Waals surface area (Å²) in [6.45, 7) is 0. The number of carbonyl (C=O) groups excluding carboxylic acids is 1. The quantitative estimate of drug-likeness (QED) is 0.451. The lowest BCUT2D eigenvalue weighted by atomic mass is 9.86. The fourth-order valence-electron chi connectivity index (χ4n) is 3.46. The number of hydroxylamine groups is 1. The van der Waals surface area contributed by atoms with Crippen molar-refractivity contribution < 1.29 is 22.8 Å². The summed E-state index contributed by atoms with van der Waals surface area (Å²) in [6.07, 6.45) is -3.54. The van der Waals surface area contributed by atoms with Crippen LogP contribution in [0.3, 0.4) is 0 Å². The second kappa shape index (κ2) is 8.33. The number of nitrogens with one attached hydrogen (secondary N) is 3. The van der Waals surface area contributed by atoms with Crippen LogP contribution in [0.2, 0.25) is 15.1 Å². The minimum absolute atomic E-state index is 0.0173. The molecule has 2 fully saturated rings. The Morgan fingerprint density at radius 1 is 1.10 bits per heavy atom. The molecule has 2 aromatic rings. The monoisotopic (exact) mass is 493 g/mol. The number of hydrogen-bond donors (Lipinski definition) is 3. The van der Waals surface area contributed by atoms with Crippen molar-refractivity contribution in [2.45, 2.75) is 37.1 Å². The van der Waals surface area contributed by atoms with Crippen molar-refractivity contribution in [3.8, 4) is 0 Å². The molecule has 2 atom stereocenters. The standard InChI is InChI=1S/C20H17Cl3F3N3O2/c21-13-6-12(7-14(22)8-13)19(20(24,25)26)9-17(29-31-19)11-3-4-15(23)16(5-11)27-28-18(30)10-1-2-10/h3-8,10,17,27,29H,1-2,9H2,(H,28,30). The first kappa shape index (κ1) is 22.5. The molecule has 0 aromatic heterocycles. The second-order valence-electron chi connectivity index (χ2n) is 7.59. The largest absolute Gasteiger partial charge is 0.423 e. The lowest BCUT2D eigenvalue weighted by Gasteiger charge is -2.30. The number of hydrazine groups is 1. The predicted molar refractivity (Wildman–Crippen MR) is 112 cm³/mol. The Morgan fingerprint density at radius 3 is 2.39 bits per heavy atom. The third-order valence-electron chi connectivity index (χ3n) is 5.32. The molecule has 3 N–H and O–H groups in total. The highest BCUT2D eigenvalue weighted by atomic mass is 35.5. The highest BCUT2D eigenvalue weighted by molar-refractivity contribution is 6.34. The Bertz CT molecular complexity index is 997. The van der Waals surface area contributed by atoms with Gasteiger partial charge in [-0.15, -0.1) is 0 Å². The number of amides is 1. The zero-order valence-corrected chi connectivity index (χ0v) is 18.1. The predicted octanol–water partition coefficient (Wildman–Crippen LogP) is 5.92. The third-order valence-corrected chi connectivity index (χ3v) is 6.08. The molecule has 1 saturated carbocycles. The molecule has 5 nitrogen and oxygen atoms in total. The van der Waals surface area contributed by atoms with Gasteiger partial charge < -0.3 is 0 Å². The smallest absolute Gasteiger partial charge is 0.297 e. The molecular weight excluding hydrogens is 478 g/mol. The summed E-state index contributed by atoms with van der Waals surface area (Å²) in [5, 5.41) is 0.451. The number of benzene rings is 2. The molecular formula is C20H17Cl3F3N3O2. The minimum Gasteiger partial charge on any atom is -0.297 e. The summed E-state index contributed by atoms with van der Waals surface area (Å²) in [5.74, 6) is -0.172. The van der Waals surface area contributed by atoms with Gasteiger partial charge in [0.1, 0.15) is 0 Å². The van der Waals surface area contributed by atoms with E-state index in [9.17, 15) is 18.0 Å². The highest BCUT2D eigenvalue weighted by Gasteiger charge is 2.62. The molecule has 2 aromatic carbocycles. The van der Waals surface area contributed by atoms with E-state index in [1.54, 1.807) is 12.1 Å². The van der Waals surface area contributed by atoms with Gasteiger partial charge in [0.05, 0.1) is 16.8 Å². The van der Waals surface area contributed by atoms with Crippen molar-refractivity contribution in [3.05, 3.63) is 62.6 Å². The van der Waals surface area contributed by atoms with Gasteiger partial charge >= 0.3 is 6.18 Å². The van der Waals surface area contributed by atoms with Gasteiger partial charge in [0.2, 0.25) is 11.5 Å². The van der Waals surface area contributed by atoms with Crippen molar-refractivity contribution in [2.75, 3.05) is 5.43 Å². The SMILES string of the molecule is O=C(NNc1cc(C2CC(c3cc(Cl)cc(Cl)c3)(C(F)(F)F)ON2)ccc1Cl)C1CC1. The molecule has 2 unspecified atom stereocenters. The Kier molecular flexibility index (Phi) is 6.04. The normalized spacial score (nSPS) is 23.6. The average Bonchev–Trinajstić information content (AvgIpc) is 3.43. The molecule has 11 heteroatoms. The van der Waals surface area contributed by atoms with Gasteiger partial charge in [0.25, 0.3) is 0 Å². The van der Waals surface area contributed by atoms with Crippen LogP contribution < -0.4 is 16.3 Å². The summed E-state index contributed by atoms with van der Waals surface area (Å²) in [5.41, 5.74) is 5.81. The molecule has 1 heterocycles. The van der Waals surface area contributed by atoms with E-state index in [-0.39, 0.29) is 27.4 Å². The Hall–Kier alpha value is -1.71. The summed E-state index contributed by atoms with van der Waals surface area (Å²) in [6, 6.07) is 7.61. The van der Waals surface area contributed by atoms with E-state index in [1.807, 2.05) is 0 Å². The van der Waals surface area contributed by atoms with E-state index in [0.717, 1.165) is 12.8 Å². The molecule has 1 amide bonds. The lowest BCUT2D eigenvalue weighted by molar-refractivity contribution is -0.282. The van der Waals surface area contributed by atoms with Gasteiger partial charge in [-0.25, -0.2) is 0 Å². The molecule has 166 valence electrons. The number of rotatable bonds is 5. The number of hydrogen-bond acceptors (Lipinski definition) is 4. The van der Waals surface area contributed by atoms with Crippen LogP contribution in [0.4, 0.5) is 18.9 Å². The summed E-state index contributed by atoms with van der Waals surface area (Å²) in [7, 11) is 0. The maximum Gasteiger partial charge on any atom is 0.423 e. The summed E-state index contributed by atoms with van der Waals surface area (Å²) >= 11 is 18.0. The van der Waals surface area contributed by atoms with Crippen molar-refractivity contribution >= 4 is 46.4 Å². The lowest BCUT2D eigenvalue weighted by Crippen LogP contribution is -2.42. The van der Waals surface area contributed by atoms with Gasteiger partial charge in [-0.1, -0.05) is 40.9 Å². The van der Waals surface area contributed by atoms with E-state index in [2.05, 4.69) is 16.3 Å². The van der Waals surface area contributed by atoms with Crippen molar-refractivity contribution in [1.29, 1.82) is 0 Å². The Morgan fingerprint density at radius 2 is 1.77 bits per heavy atom. The Labute approximate surface area is 191 Å². The molecule has 31 heavy (non-hydrogen) atoms. The van der Waals surface area contributed by atoms with Crippen LogP contribution in [0.5, 0.6) is 0 Å². The maximum absolute atomic E-state index is 14.2. The fourth-order valence-corrected chi connectivity index (χ4v) is 4.15. The van der Waals surface area contributed by atoms with Crippen molar-refractivity contribution in [3.63, 3.8) is 0 Å². The van der Waals surface area contributed by atoms with Crippen molar-refractivity contribution in [1.82, 2.24) is 10.9 Å². The average molecular weight is 495 g/mol. The van der Waals surface area contributed by atoms with Crippen LogP contribution in [0, 0.1) is 5.92 Å². The van der Waals surface area contributed by atoms with Gasteiger partial charge in [-0.05, 0) is 54.3 Å². The maximum atomic E-state index is 14.2. The van der Waals surface area contributed by atoms with Gasteiger partial charge in [0.15, 0.2) is 0 Å². The van der Waals surface area contributed by atoms with Gasteiger partial charge in [0, 0.05) is 22.4 Å². The van der Waals surface area contributed by atoms with Crippen molar-refractivity contribution in [2.24, 2.45) is 5.92 Å². The van der Waals surface area contributed by atoms with E-state index in [4.69, 9.17) is 39.6 Å². The molecule has 0 radical (unpaired) electrons. The second-order valence-corrected chi connectivity index (χ2v) is 8.87. The van der Waals surface area contributed by atoms with Crippen LogP contribution >= 0.6 is 34.8 Å². The minimum atomic E-state index is -4.74. The van der Waals surface area contributed by atoms with Crippen LogP contribution in [0.25, 0.3) is 0 Å². The zero-order chi connectivity index (χ0) is 22.4. The molecule has 0 bridgehead atoms. The molecule has 4 rings (SSSR count). The first-order valence-electron chi connectivity index (χ1n) is 9.41. The number of alkyl halides is 3. The van der Waals surface area contributed by atoms with E-state index >= 15 is 0 Å². The van der Waals surface area contributed by atoms with Gasteiger partial charge in [-0.3, -0.25) is 20.5 Å². The van der Waals surface area contributed by atoms with Crippen LogP contribution in [-0.4, -0.2) is 12.1 Å². The molecule has 1 saturated heterocycles. The zero-order valence-electron chi connectivity index (χ0n) is 15.8. The van der Waals surface area contributed by atoms with E-state index in [1.165, 1.54) is 24.3 Å². The molecule has 1 aliphatic carbocycles. The van der Waals surface area contributed by atoms with Crippen LogP contribution in [-0.2, 0) is 15.2 Å². The molecule has 1 aliphatic heterocycles. The topological polar surface area (TPSA) is 62.4 Å². The van der Waals surface area contributed by atoms with E-state index < -0.39 is 24.2 Å². The van der Waals surface area contributed by atoms with Gasteiger partial charge in [-0.2, -0.15) is 18.7 Å².